The summed E-state index contributed by atoms with van der Waals surface area (Å²) in [6.45, 7) is 11.9. The summed E-state index contributed by atoms with van der Waals surface area (Å²) in [7, 11) is 0. The highest BCUT2D eigenvalue weighted by atomic mass is 16.3. The molecule has 0 fully saturated rings. The summed E-state index contributed by atoms with van der Waals surface area (Å²) < 4.78 is 2.18. The zero-order chi connectivity index (χ0) is 13.0. The van der Waals surface area contributed by atoms with Gasteiger partial charge in [-0.15, -0.1) is 0 Å². The smallest absolute Gasteiger partial charge is 0.123 e. The zero-order valence-electron chi connectivity index (χ0n) is 11.6. The predicted octanol–water partition coefficient (Wildman–Crippen LogP) is 2.06. The molecule has 17 heavy (non-hydrogen) atoms. The minimum Gasteiger partial charge on any atom is -0.392 e. The van der Waals surface area contributed by atoms with Gasteiger partial charge in [0.2, 0.25) is 0 Å². The van der Waals surface area contributed by atoms with Crippen LogP contribution in [0.4, 0.5) is 0 Å². The lowest BCUT2D eigenvalue weighted by Crippen LogP contribution is -2.37. The summed E-state index contributed by atoms with van der Waals surface area (Å²) in [4.78, 5) is 6.65. The SMILES string of the molecule is CC(O)CN(Cc1nccn1C(C)C)C(C)C. The third-order valence-electron chi connectivity index (χ3n) is 2.88. The van der Waals surface area contributed by atoms with Crippen molar-refractivity contribution in [3.8, 4) is 0 Å². The molecule has 1 N–H and O–H groups in total. The summed E-state index contributed by atoms with van der Waals surface area (Å²) in [5.41, 5.74) is 0. The molecule has 0 amide bonds. The number of hydrogen-bond donors (Lipinski definition) is 1. The summed E-state index contributed by atoms with van der Waals surface area (Å²) >= 11 is 0. The van der Waals surface area contributed by atoms with Gasteiger partial charge in [-0.1, -0.05) is 0 Å². The van der Waals surface area contributed by atoms with E-state index in [0.717, 1.165) is 12.4 Å². The van der Waals surface area contributed by atoms with E-state index in [4.69, 9.17) is 0 Å². The van der Waals surface area contributed by atoms with E-state index in [2.05, 4.69) is 42.1 Å². The van der Waals surface area contributed by atoms with Crippen LogP contribution in [0.25, 0.3) is 0 Å². The van der Waals surface area contributed by atoms with E-state index in [1.165, 1.54) is 0 Å². The van der Waals surface area contributed by atoms with E-state index in [0.29, 0.717) is 18.6 Å². The number of rotatable bonds is 6. The lowest BCUT2D eigenvalue weighted by Gasteiger charge is -2.28. The van der Waals surface area contributed by atoms with Gasteiger partial charge < -0.3 is 9.67 Å². The first-order chi connectivity index (χ1) is 7.91. The maximum Gasteiger partial charge on any atom is 0.123 e. The summed E-state index contributed by atoms with van der Waals surface area (Å²) in [6.07, 6.45) is 3.55. The molecule has 4 nitrogen and oxygen atoms in total. The molecule has 1 rings (SSSR count). The second kappa shape index (κ2) is 6.17. The van der Waals surface area contributed by atoms with Gasteiger partial charge in [-0.2, -0.15) is 0 Å². The average molecular weight is 239 g/mol. The van der Waals surface area contributed by atoms with Gasteiger partial charge in [0.1, 0.15) is 5.82 Å². The first-order valence-electron chi connectivity index (χ1n) is 6.35. The molecule has 4 heteroatoms. The van der Waals surface area contributed by atoms with Crippen molar-refractivity contribution in [2.45, 2.75) is 59.4 Å². The Labute approximate surface area is 104 Å². The van der Waals surface area contributed by atoms with E-state index < -0.39 is 0 Å². The molecule has 0 aliphatic carbocycles. The number of aliphatic hydroxyl groups is 1. The third kappa shape index (κ3) is 4.13. The topological polar surface area (TPSA) is 41.3 Å². The van der Waals surface area contributed by atoms with Crippen LogP contribution in [-0.4, -0.2) is 38.2 Å². The molecule has 0 saturated carbocycles. The molecule has 0 bridgehead atoms. The van der Waals surface area contributed by atoms with Crippen molar-refractivity contribution < 1.29 is 5.11 Å². The summed E-state index contributed by atoms with van der Waals surface area (Å²) in [5.74, 6) is 1.06. The lowest BCUT2D eigenvalue weighted by atomic mass is 10.2. The molecule has 0 saturated heterocycles. The molecule has 0 radical (unpaired) electrons. The minimum atomic E-state index is -0.306. The van der Waals surface area contributed by atoms with Crippen molar-refractivity contribution >= 4 is 0 Å². The van der Waals surface area contributed by atoms with Gasteiger partial charge in [0.25, 0.3) is 0 Å². The first-order valence-corrected chi connectivity index (χ1v) is 6.35. The monoisotopic (exact) mass is 239 g/mol. The predicted molar refractivity (Wildman–Crippen MR) is 69.8 cm³/mol. The molecule has 98 valence electrons. The van der Waals surface area contributed by atoms with Crippen LogP contribution in [0.5, 0.6) is 0 Å². The van der Waals surface area contributed by atoms with E-state index in [9.17, 15) is 5.11 Å². The maximum atomic E-state index is 9.51. The average Bonchev–Trinajstić information content (AvgIpc) is 2.63. The highest BCUT2D eigenvalue weighted by Crippen LogP contribution is 2.12. The third-order valence-corrected chi connectivity index (χ3v) is 2.88. The quantitative estimate of drug-likeness (QED) is 0.826. The molecule has 0 aliphatic heterocycles. The Kier molecular flexibility index (Phi) is 5.15. The Balaban J connectivity index is 2.75. The highest BCUT2D eigenvalue weighted by Gasteiger charge is 2.16. The van der Waals surface area contributed by atoms with Crippen LogP contribution in [-0.2, 0) is 6.54 Å². The molecule has 0 aromatic carbocycles. The fraction of sp³-hybridized carbons (Fsp3) is 0.769. The molecule has 0 spiro atoms. The van der Waals surface area contributed by atoms with Gasteiger partial charge in [-0.05, 0) is 34.6 Å². The van der Waals surface area contributed by atoms with Crippen LogP contribution in [0.3, 0.4) is 0 Å². The molecular weight excluding hydrogens is 214 g/mol. The van der Waals surface area contributed by atoms with Crippen LogP contribution in [0.15, 0.2) is 12.4 Å². The maximum absolute atomic E-state index is 9.51. The molecule has 1 unspecified atom stereocenters. The second-order valence-corrected chi connectivity index (χ2v) is 5.22. The summed E-state index contributed by atoms with van der Waals surface area (Å²) in [5, 5.41) is 9.51. The number of hydrogen-bond acceptors (Lipinski definition) is 3. The fourth-order valence-electron chi connectivity index (χ4n) is 1.92. The van der Waals surface area contributed by atoms with Gasteiger partial charge in [0.15, 0.2) is 0 Å². The van der Waals surface area contributed by atoms with E-state index in [1.807, 2.05) is 19.3 Å². The Morgan fingerprint density at radius 2 is 1.94 bits per heavy atom. The molecule has 1 heterocycles. The van der Waals surface area contributed by atoms with Crippen molar-refractivity contribution in [1.82, 2.24) is 14.5 Å². The Hall–Kier alpha value is -0.870. The van der Waals surface area contributed by atoms with Gasteiger partial charge >= 0.3 is 0 Å². The number of imidazole rings is 1. The van der Waals surface area contributed by atoms with Crippen LogP contribution < -0.4 is 0 Å². The minimum absolute atomic E-state index is 0.306. The number of aromatic nitrogens is 2. The van der Waals surface area contributed by atoms with E-state index >= 15 is 0 Å². The van der Waals surface area contributed by atoms with Crippen LogP contribution in [0, 0.1) is 0 Å². The fourth-order valence-corrected chi connectivity index (χ4v) is 1.92. The Bertz CT molecular complexity index is 331. The second-order valence-electron chi connectivity index (χ2n) is 5.22. The van der Waals surface area contributed by atoms with Gasteiger partial charge in [0, 0.05) is 31.0 Å². The molecule has 1 atom stereocenters. The first kappa shape index (κ1) is 14.2. The van der Waals surface area contributed by atoms with Crippen LogP contribution in [0.2, 0.25) is 0 Å². The number of nitrogens with zero attached hydrogens (tertiary/aromatic N) is 3. The van der Waals surface area contributed by atoms with Gasteiger partial charge in [-0.3, -0.25) is 4.90 Å². The van der Waals surface area contributed by atoms with Crippen molar-refractivity contribution in [1.29, 1.82) is 0 Å². The van der Waals surface area contributed by atoms with Crippen molar-refractivity contribution in [2.24, 2.45) is 0 Å². The zero-order valence-corrected chi connectivity index (χ0v) is 11.6. The summed E-state index contributed by atoms with van der Waals surface area (Å²) in [6, 6.07) is 0.829. The Morgan fingerprint density at radius 3 is 2.41 bits per heavy atom. The van der Waals surface area contributed by atoms with Crippen LogP contribution in [0.1, 0.15) is 46.5 Å². The van der Waals surface area contributed by atoms with Crippen molar-refractivity contribution in [3.05, 3.63) is 18.2 Å². The molecule has 1 aromatic rings. The standard InChI is InChI=1S/C13H25N3O/c1-10(2)15(8-12(5)17)9-13-14-6-7-16(13)11(3)4/h6-7,10-12,17H,8-9H2,1-5H3. The van der Waals surface area contributed by atoms with Gasteiger partial charge in [-0.25, -0.2) is 4.98 Å². The molecule has 0 aliphatic rings. The van der Waals surface area contributed by atoms with E-state index in [-0.39, 0.29) is 6.10 Å². The Morgan fingerprint density at radius 1 is 1.29 bits per heavy atom. The lowest BCUT2D eigenvalue weighted by molar-refractivity contribution is 0.0997. The molecular formula is C13H25N3O. The van der Waals surface area contributed by atoms with Crippen molar-refractivity contribution in [3.63, 3.8) is 0 Å². The van der Waals surface area contributed by atoms with E-state index in [1.54, 1.807) is 0 Å². The van der Waals surface area contributed by atoms with Crippen molar-refractivity contribution in [2.75, 3.05) is 6.54 Å². The normalized spacial score (nSPS) is 13.9. The largest absolute Gasteiger partial charge is 0.392 e. The highest BCUT2D eigenvalue weighted by molar-refractivity contribution is 4.94. The van der Waals surface area contributed by atoms with Crippen LogP contribution >= 0.6 is 0 Å². The molecule has 1 aromatic heterocycles. The number of aliphatic hydroxyl groups excluding tert-OH is 1. The van der Waals surface area contributed by atoms with Gasteiger partial charge in [0.05, 0.1) is 12.6 Å².